The number of benzene rings is 1. The summed E-state index contributed by atoms with van der Waals surface area (Å²) in [5.41, 5.74) is 0.831. The molecule has 7 nitrogen and oxygen atoms in total. The smallest absolute Gasteiger partial charge is 0.331 e. The summed E-state index contributed by atoms with van der Waals surface area (Å²) in [7, 11) is 0. The lowest BCUT2D eigenvalue weighted by molar-refractivity contribution is -0.137. The fraction of sp³-hybridized carbons (Fsp3) is 0.200. The third kappa shape index (κ3) is 3.63. The van der Waals surface area contributed by atoms with Gasteiger partial charge in [0, 0.05) is 17.1 Å². The van der Waals surface area contributed by atoms with E-state index in [4.69, 9.17) is 0 Å². The number of pyridine rings is 1. The number of nitrogens with one attached hydrogen (secondary N) is 2. The van der Waals surface area contributed by atoms with Crippen molar-refractivity contribution in [1.82, 2.24) is 30.0 Å². The zero-order valence-corrected chi connectivity index (χ0v) is 15.9. The van der Waals surface area contributed by atoms with E-state index in [9.17, 15) is 18.0 Å². The highest BCUT2D eigenvalue weighted by Crippen LogP contribution is 2.39. The zero-order chi connectivity index (χ0) is 21.3. The Morgan fingerprint density at radius 2 is 2.03 bits per heavy atom. The first kappa shape index (κ1) is 19.6. The number of alkyl halides is 3. The predicted molar refractivity (Wildman–Crippen MR) is 103 cm³/mol. The van der Waals surface area contributed by atoms with Gasteiger partial charge in [0.1, 0.15) is 12.0 Å². The molecule has 2 N–H and O–H groups in total. The number of carbonyl (C=O) groups is 1. The normalized spacial score (nSPS) is 11.7. The van der Waals surface area contributed by atoms with Crippen LogP contribution in [0, 0.1) is 0 Å². The summed E-state index contributed by atoms with van der Waals surface area (Å²) in [5, 5.41) is 9.38. The van der Waals surface area contributed by atoms with Crippen molar-refractivity contribution in [3.63, 3.8) is 0 Å². The molecule has 0 spiro atoms. The maximum atomic E-state index is 13.7. The Morgan fingerprint density at radius 3 is 2.73 bits per heavy atom. The van der Waals surface area contributed by atoms with E-state index in [1.807, 2.05) is 6.92 Å². The van der Waals surface area contributed by atoms with Gasteiger partial charge in [-0.3, -0.25) is 9.89 Å². The van der Waals surface area contributed by atoms with Crippen LogP contribution in [0.2, 0.25) is 0 Å². The van der Waals surface area contributed by atoms with E-state index >= 15 is 0 Å². The first-order valence-corrected chi connectivity index (χ1v) is 9.16. The summed E-state index contributed by atoms with van der Waals surface area (Å²) < 4.78 is 42.8. The van der Waals surface area contributed by atoms with Crippen molar-refractivity contribution in [2.45, 2.75) is 26.2 Å². The van der Waals surface area contributed by atoms with E-state index in [0.717, 1.165) is 11.6 Å². The number of aryl methyl sites for hydroxylation is 1. The van der Waals surface area contributed by atoms with Crippen LogP contribution in [-0.4, -0.2) is 30.6 Å². The summed E-state index contributed by atoms with van der Waals surface area (Å²) in [5.74, 6) is -0.528. The number of aromatic nitrogens is 5. The van der Waals surface area contributed by atoms with Crippen LogP contribution in [0.25, 0.3) is 22.3 Å². The SMILES string of the molecule is CCc1ccc(C(F)(F)F)c(-c2cc3cccnc3n2CNC(=O)c2ncn[nH]2)c1. The molecule has 0 fully saturated rings. The number of carbonyl (C=O) groups excluding carboxylic acids is 1. The molecule has 1 amide bonds. The number of halogens is 3. The van der Waals surface area contributed by atoms with E-state index in [1.54, 1.807) is 29.0 Å². The van der Waals surface area contributed by atoms with E-state index in [0.29, 0.717) is 23.1 Å². The van der Waals surface area contributed by atoms with E-state index in [1.165, 1.54) is 18.5 Å². The van der Waals surface area contributed by atoms with Crippen LogP contribution in [0.4, 0.5) is 13.2 Å². The van der Waals surface area contributed by atoms with Crippen LogP contribution < -0.4 is 5.32 Å². The van der Waals surface area contributed by atoms with Gasteiger partial charge in [-0.25, -0.2) is 9.97 Å². The third-order valence-electron chi connectivity index (χ3n) is 4.76. The van der Waals surface area contributed by atoms with Gasteiger partial charge >= 0.3 is 6.18 Å². The van der Waals surface area contributed by atoms with Crippen LogP contribution in [0.15, 0.2) is 48.9 Å². The maximum Gasteiger partial charge on any atom is 0.417 e. The quantitative estimate of drug-likeness (QED) is 0.520. The molecule has 0 saturated heterocycles. The van der Waals surface area contributed by atoms with Crippen molar-refractivity contribution in [3.8, 4) is 11.3 Å². The number of H-pyrrole nitrogens is 1. The second-order valence-electron chi connectivity index (χ2n) is 6.60. The van der Waals surface area contributed by atoms with Crippen LogP contribution in [0.5, 0.6) is 0 Å². The summed E-state index contributed by atoms with van der Waals surface area (Å²) in [6.07, 6.45) is -1.20. The Kier molecular flexibility index (Phi) is 4.98. The standard InChI is InChI=1S/C20H17F3N6O/c1-2-12-5-6-15(20(21,22)23)14(8-12)16-9-13-4-3-7-24-18(13)29(16)11-26-19(30)17-25-10-27-28-17/h3-10H,2,11H2,1H3,(H,26,30)(H,25,27,28). The van der Waals surface area contributed by atoms with Crippen molar-refractivity contribution in [2.24, 2.45) is 0 Å². The Balaban J connectivity index is 1.84. The highest BCUT2D eigenvalue weighted by molar-refractivity contribution is 5.90. The first-order chi connectivity index (χ1) is 14.4. The molecule has 0 saturated carbocycles. The number of hydrogen-bond donors (Lipinski definition) is 2. The lowest BCUT2D eigenvalue weighted by Crippen LogP contribution is -2.27. The molecular weight excluding hydrogens is 397 g/mol. The molecule has 3 aromatic heterocycles. The van der Waals surface area contributed by atoms with E-state index < -0.39 is 17.6 Å². The summed E-state index contributed by atoms with van der Waals surface area (Å²) >= 11 is 0. The third-order valence-corrected chi connectivity index (χ3v) is 4.76. The van der Waals surface area contributed by atoms with E-state index in [-0.39, 0.29) is 18.1 Å². The largest absolute Gasteiger partial charge is 0.417 e. The average Bonchev–Trinajstić information content (AvgIpc) is 3.39. The molecule has 3 heterocycles. The van der Waals surface area contributed by atoms with Crippen molar-refractivity contribution in [1.29, 1.82) is 0 Å². The Labute approximate surface area is 169 Å². The Bertz CT molecular complexity index is 1200. The molecule has 154 valence electrons. The van der Waals surface area contributed by atoms with Gasteiger partial charge in [-0.05, 0) is 42.3 Å². The number of aromatic amines is 1. The number of amides is 1. The molecule has 0 unspecified atom stereocenters. The summed E-state index contributed by atoms with van der Waals surface area (Å²) in [6.45, 7) is 1.78. The fourth-order valence-electron chi connectivity index (χ4n) is 3.29. The summed E-state index contributed by atoms with van der Waals surface area (Å²) in [6, 6.07) is 9.22. The molecule has 10 heteroatoms. The minimum Gasteiger partial charge on any atom is -0.331 e. The van der Waals surface area contributed by atoms with Gasteiger partial charge in [0.25, 0.3) is 5.91 Å². The molecule has 0 radical (unpaired) electrons. The Morgan fingerprint density at radius 1 is 1.20 bits per heavy atom. The minimum atomic E-state index is -4.53. The fourth-order valence-corrected chi connectivity index (χ4v) is 3.29. The lowest BCUT2D eigenvalue weighted by Gasteiger charge is -2.17. The number of nitrogens with zero attached hydrogens (tertiary/aromatic N) is 4. The van der Waals surface area contributed by atoms with Gasteiger partial charge in [0.15, 0.2) is 0 Å². The maximum absolute atomic E-state index is 13.7. The number of fused-ring (bicyclic) bond motifs is 1. The average molecular weight is 414 g/mol. The first-order valence-electron chi connectivity index (χ1n) is 9.16. The van der Waals surface area contributed by atoms with Crippen molar-refractivity contribution in [2.75, 3.05) is 0 Å². The number of rotatable bonds is 5. The minimum absolute atomic E-state index is 0.00457. The lowest BCUT2D eigenvalue weighted by atomic mass is 9.99. The molecule has 4 rings (SSSR count). The van der Waals surface area contributed by atoms with Gasteiger partial charge < -0.3 is 9.88 Å². The van der Waals surface area contributed by atoms with Gasteiger partial charge in [-0.2, -0.15) is 18.3 Å². The molecule has 0 bridgehead atoms. The topological polar surface area (TPSA) is 88.5 Å². The molecule has 30 heavy (non-hydrogen) atoms. The zero-order valence-electron chi connectivity index (χ0n) is 15.9. The van der Waals surface area contributed by atoms with Gasteiger partial charge in [-0.1, -0.05) is 13.0 Å². The highest BCUT2D eigenvalue weighted by Gasteiger charge is 2.34. The second kappa shape index (κ2) is 7.62. The summed E-state index contributed by atoms with van der Waals surface area (Å²) in [4.78, 5) is 20.3. The molecule has 0 atom stereocenters. The van der Waals surface area contributed by atoms with Crippen LogP contribution in [0.3, 0.4) is 0 Å². The van der Waals surface area contributed by atoms with Crippen molar-refractivity contribution in [3.05, 3.63) is 65.9 Å². The van der Waals surface area contributed by atoms with E-state index in [2.05, 4.69) is 25.5 Å². The Hall–Kier alpha value is -3.69. The molecule has 4 aromatic rings. The number of hydrogen-bond acceptors (Lipinski definition) is 4. The molecule has 1 aromatic carbocycles. The monoisotopic (exact) mass is 414 g/mol. The van der Waals surface area contributed by atoms with Gasteiger partial charge in [-0.15, -0.1) is 0 Å². The van der Waals surface area contributed by atoms with Gasteiger partial charge in [0.2, 0.25) is 5.82 Å². The molecule has 0 aliphatic carbocycles. The molecule has 0 aliphatic rings. The van der Waals surface area contributed by atoms with Crippen LogP contribution in [-0.2, 0) is 19.3 Å². The molecule has 0 aliphatic heterocycles. The second-order valence-corrected chi connectivity index (χ2v) is 6.60. The van der Waals surface area contributed by atoms with Crippen molar-refractivity contribution < 1.29 is 18.0 Å². The van der Waals surface area contributed by atoms with Crippen LogP contribution in [0.1, 0.15) is 28.7 Å². The van der Waals surface area contributed by atoms with Gasteiger partial charge in [0.05, 0.1) is 17.9 Å². The van der Waals surface area contributed by atoms with Crippen LogP contribution >= 0.6 is 0 Å². The predicted octanol–water partition coefficient (Wildman–Crippen LogP) is 3.79. The molecular formula is C20H17F3N6O. The highest BCUT2D eigenvalue weighted by atomic mass is 19.4. The van der Waals surface area contributed by atoms with Crippen molar-refractivity contribution >= 4 is 16.9 Å².